The van der Waals surface area contributed by atoms with Gasteiger partial charge in [-0.05, 0) is 25.7 Å². The van der Waals surface area contributed by atoms with Crippen molar-refractivity contribution in [1.29, 1.82) is 10.8 Å². The molecular formula is C16H28N2O4. The van der Waals surface area contributed by atoms with E-state index in [4.69, 9.17) is 20.3 Å². The third-order valence-corrected chi connectivity index (χ3v) is 2.94. The van der Waals surface area contributed by atoms with Gasteiger partial charge in [-0.2, -0.15) is 0 Å². The van der Waals surface area contributed by atoms with Crippen molar-refractivity contribution in [2.75, 3.05) is 0 Å². The van der Waals surface area contributed by atoms with Gasteiger partial charge in [0, 0.05) is 25.7 Å². The van der Waals surface area contributed by atoms with Crippen molar-refractivity contribution < 1.29 is 19.1 Å². The fourth-order valence-corrected chi connectivity index (χ4v) is 1.83. The maximum atomic E-state index is 11.4. The summed E-state index contributed by atoms with van der Waals surface area (Å²) in [6, 6.07) is 0. The second kappa shape index (κ2) is 13.0. The molecule has 6 nitrogen and oxygen atoms in total. The highest BCUT2D eigenvalue weighted by molar-refractivity contribution is 5.87. The summed E-state index contributed by atoms with van der Waals surface area (Å²) >= 11 is 0. The van der Waals surface area contributed by atoms with E-state index in [2.05, 4.69) is 0 Å². The number of carbonyl (C=O) groups excluding carboxylic acids is 2. The molecule has 0 aromatic heterocycles. The summed E-state index contributed by atoms with van der Waals surface area (Å²) in [5, 5.41) is 14.8. The summed E-state index contributed by atoms with van der Waals surface area (Å²) in [6.45, 7) is 3.86. The highest BCUT2D eigenvalue weighted by atomic mass is 16.5. The Hall–Kier alpha value is -1.72. The van der Waals surface area contributed by atoms with E-state index < -0.39 is 0 Å². The standard InChI is InChI=1S/C16H28N2O4/c1-3-9-13(17)21-15(19)11-7-5-6-8-12-16(20)22-14(18)10-4-2/h17-18H,3-12H2,1-2H3. The fourth-order valence-electron chi connectivity index (χ4n) is 1.83. The lowest BCUT2D eigenvalue weighted by atomic mass is 10.1. The second-order valence-corrected chi connectivity index (χ2v) is 5.21. The first-order valence-corrected chi connectivity index (χ1v) is 8.05. The summed E-state index contributed by atoms with van der Waals surface area (Å²) in [6.07, 6.45) is 6.21. The molecule has 6 heteroatoms. The van der Waals surface area contributed by atoms with Gasteiger partial charge in [-0.25, -0.2) is 0 Å². The Bertz CT molecular complexity index is 344. The predicted octanol–water partition coefficient (Wildman–Crippen LogP) is 3.97. The van der Waals surface area contributed by atoms with E-state index in [9.17, 15) is 9.59 Å². The van der Waals surface area contributed by atoms with E-state index in [1.807, 2.05) is 13.8 Å². The SMILES string of the molecule is CCCC(=N)OC(=O)CCCCCCC(=O)OC(=N)CCC. The average Bonchev–Trinajstić information content (AvgIpc) is 2.42. The first kappa shape index (κ1) is 20.3. The number of hydrogen-bond acceptors (Lipinski definition) is 6. The van der Waals surface area contributed by atoms with Crippen molar-refractivity contribution in [2.24, 2.45) is 0 Å². The number of ether oxygens (including phenoxy) is 2. The molecule has 0 radical (unpaired) electrons. The highest BCUT2D eigenvalue weighted by Gasteiger charge is 2.08. The quantitative estimate of drug-likeness (QED) is 0.261. The van der Waals surface area contributed by atoms with E-state index in [1.165, 1.54) is 0 Å². The molecule has 0 amide bonds. The van der Waals surface area contributed by atoms with Crippen molar-refractivity contribution >= 4 is 23.7 Å². The number of nitrogens with one attached hydrogen (secondary N) is 2. The van der Waals surface area contributed by atoms with Gasteiger partial charge in [0.15, 0.2) is 11.8 Å². The van der Waals surface area contributed by atoms with Gasteiger partial charge in [0.1, 0.15) is 0 Å². The molecule has 0 saturated heterocycles. The van der Waals surface area contributed by atoms with E-state index in [0.717, 1.165) is 25.7 Å². The van der Waals surface area contributed by atoms with Crippen LogP contribution >= 0.6 is 0 Å². The van der Waals surface area contributed by atoms with Crippen molar-refractivity contribution in [3.05, 3.63) is 0 Å². The van der Waals surface area contributed by atoms with Crippen LogP contribution in [-0.2, 0) is 19.1 Å². The molecule has 0 aliphatic rings. The molecule has 0 rings (SSSR count). The Morgan fingerprint density at radius 3 is 1.36 bits per heavy atom. The molecule has 0 saturated carbocycles. The van der Waals surface area contributed by atoms with E-state index in [-0.39, 0.29) is 23.7 Å². The zero-order valence-electron chi connectivity index (χ0n) is 13.7. The normalized spacial score (nSPS) is 10.1. The summed E-state index contributed by atoms with van der Waals surface area (Å²) in [4.78, 5) is 22.8. The molecule has 0 atom stereocenters. The van der Waals surface area contributed by atoms with Gasteiger partial charge < -0.3 is 9.47 Å². The Labute approximate surface area is 132 Å². The third-order valence-electron chi connectivity index (χ3n) is 2.94. The van der Waals surface area contributed by atoms with Crippen molar-refractivity contribution in [3.63, 3.8) is 0 Å². The van der Waals surface area contributed by atoms with Crippen LogP contribution in [0.1, 0.15) is 78.1 Å². The smallest absolute Gasteiger partial charge is 0.312 e. The molecule has 0 fully saturated rings. The van der Waals surface area contributed by atoms with Crippen LogP contribution < -0.4 is 0 Å². The van der Waals surface area contributed by atoms with Gasteiger partial charge in [-0.3, -0.25) is 20.4 Å². The lowest BCUT2D eigenvalue weighted by molar-refractivity contribution is -0.137. The molecule has 0 bridgehead atoms. The molecule has 0 spiro atoms. The van der Waals surface area contributed by atoms with Gasteiger partial charge in [0.2, 0.25) is 0 Å². The highest BCUT2D eigenvalue weighted by Crippen LogP contribution is 2.08. The van der Waals surface area contributed by atoms with Crippen molar-refractivity contribution in [3.8, 4) is 0 Å². The molecule has 126 valence electrons. The first-order valence-electron chi connectivity index (χ1n) is 8.05. The van der Waals surface area contributed by atoms with Gasteiger partial charge in [0.05, 0.1) is 0 Å². The fraction of sp³-hybridized carbons (Fsp3) is 0.750. The summed E-state index contributed by atoms with van der Waals surface area (Å²) < 4.78 is 9.70. The van der Waals surface area contributed by atoms with Gasteiger partial charge >= 0.3 is 11.9 Å². The summed E-state index contributed by atoms with van der Waals surface area (Å²) in [5.41, 5.74) is 0. The maximum absolute atomic E-state index is 11.4. The van der Waals surface area contributed by atoms with Crippen LogP contribution in [0.4, 0.5) is 0 Å². The average molecular weight is 312 g/mol. The molecule has 0 aliphatic heterocycles. The second-order valence-electron chi connectivity index (χ2n) is 5.21. The summed E-state index contributed by atoms with van der Waals surface area (Å²) in [7, 11) is 0. The summed E-state index contributed by atoms with van der Waals surface area (Å²) in [5.74, 6) is -0.647. The lowest BCUT2D eigenvalue weighted by Crippen LogP contribution is -2.11. The van der Waals surface area contributed by atoms with Crippen LogP contribution in [0.25, 0.3) is 0 Å². The molecular weight excluding hydrogens is 284 g/mol. The van der Waals surface area contributed by atoms with Crippen LogP contribution in [0, 0.1) is 10.8 Å². The Morgan fingerprint density at radius 1 is 0.682 bits per heavy atom. The number of rotatable bonds is 11. The molecule has 0 unspecified atom stereocenters. The molecule has 0 aromatic carbocycles. The third kappa shape index (κ3) is 12.1. The molecule has 0 aromatic rings. The maximum Gasteiger partial charge on any atom is 0.312 e. The van der Waals surface area contributed by atoms with Gasteiger partial charge in [-0.1, -0.05) is 26.7 Å². The Kier molecular flexibility index (Phi) is 12.0. The lowest BCUT2D eigenvalue weighted by Gasteiger charge is -2.05. The number of esters is 2. The van der Waals surface area contributed by atoms with Gasteiger partial charge in [-0.15, -0.1) is 0 Å². The van der Waals surface area contributed by atoms with Crippen LogP contribution in [0.2, 0.25) is 0 Å². The van der Waals surface area contributed by atoms with Gasteiger partial charge in [0.25, 0.3) is 0 Å². The van der Waals surface area contributed by atoms with E-state index >= 15 is 0 Å². The van der Waals surface area contributed by atoms with Crippen molar-refractivity contribution in [1.82, 2.24) is 0 Å². The molecule has 0 heterocycles. The van der Waals surface area contributed by atoms with Crippen LogP contribution in [0.5, 0.6) is 0 Å². The topological polar surface area (TPSA) is 100 Å². The minimum absolute atomic E-state index is 0.0322. The Balaban J connectivity index is 3.53. The van der Waals surface area contributed by atoms with E-state index in [1.54, 1.807) is 0 Å². The predicted molar refractivity (Wildman–Crippen MR) is 85.2 cm³/mol. The van der Waals surface area contributed by atoms with Crippen LogP contribution in [-0.4, -0.2) is 23.7 Å². The zero-order valence-corrected chi connectivity index (χ0v) is 13.7. The van der Waals surface area contributed by atoms with Crippen LogP contribution in [0.3, 0.4) is 0 Å². The van der Waals surface area contributed by atoms with Crippen molar-refractivity contribution in [2.45, 2.75) is 78.1 Å². The monoisotopic (exact) mass is 312 g/mol. The molecule has 0 aliphatic carbocycles. The largest absolute Gasteiger partial charge is 0.412 e. The zero-order chi connectivity index (χ0) is 16.8. The molecule has 2 N–H and O–H groups in total. The number of carbonyl (C=O) groups is 2. The number of unbranched alkanes of at least 4 members (excludes halogenated alkanes) is 3. The molecule has 22 heavy (non-hydrogen) atoms. The minimum atomic E-state index is -0.356. The first-order chi connectivity index (χ1) is 10.5. The van der Waals surface area contributed by atoms with Crippen LogP contribution in [0.15, 0.2) is 0 Å². The minimum Gasteiger partial charge on any atom is -0.412 e. The number of hydrogen-bond donors (Lipinski definition) is 2. The van der Waals surface area contributed by atoms with E-state index in [0.29, 0.717) is 38.5 Å². The Morgan fingerprint density at radius 2 is 1.05 bits per heavy atom.